The Balaban J connectivity index is 2.56. The van der Waals surface area contributed by atoms with Crippen LogP contribution < -0.4 is 4.74 Å². The second-order valence-electron chi connectivity index (χ2n) is 3.69. The average Bonchev–Trinajstić information content (AvgIpc) is 2.37. The molecule has 0 unspecified atom stereocenters. The van der Waals surface area contributed by atoms with Crippen LogP contribution in [-0.2, 0) is 4.79 Å². The van der Waals surface area contributed by atoms with Gasteiger partial charge in [0.15, 0.2) is 6.61 Å². The van der Waals surface area contributed by atoms with Gasteiger partial charge in [-0.15, -0.1) is 0 Å². The van der Waals surface area contributed by atoms with E-state index in [9.17, 15) is 4.79 Å². The Morgan fingerprint density at radius 3 is 2.37 bits per heavy atom. The molecule has 0 aliphatic heterocycles. The second kappa shape index (κ2) is 8.52. The molecular weight excluding hydrogens is 382 g/mol. The van der Waals surface area contributed by atoms with Crippen molar-refractivity contribution in [3.8, 4) is 5.75 Å². The summed E-state index contributed by atoms with van der Waals surface area (Å²) >= 11 is 6.66. The number of amides is 1. The van der Waals surface area contributed by atoms with E-state index >= 15 is 0 Å². The Morgan fingerprint density at radius 1 is 1.21 bits per heavy atom. The maximum absolute atomic E-state index is 11.8. The lowest BCUT2D eigenvalue weighted by Crippen LogP contribution is -2.38. The molecule has 0 aromatic heterocycles. The van der Waals surface area contributed by atoms with E-state index in [1.54, 1.807) is 6.07 Å². The van der Waals surface area contributed by atoms with E-state index in [1.165, 1.54) is 4.90 Å². The van der Waals surface area contributed by atoms with Crippen molar-refractivity contribution in [1.82, 2.24) is 4.90 Å². The first kappa shape index (κ1) is 16.4. The van der Waals surface area contributed by atoms with E-state index in [4.69, 9.17) is 14.9 Å². The number of aliphatic hydroxyl groups is 2. The predicted molar refractivity (Wildman–Crippen MR) is 78.1 cm³/mol. The van der Waals surface area contributed by atoms with Crippen LogP contribution in [0.2, 0.25) is 0 Å². The average molecular weight is 397 g/mol. The number of ether oxygens (including phenoxy) is 1. The van der Waals surface area contributed by atoms with Crippen LogP contribution in [-0.4, -0.2) is 53.9 Å². The zero-order valence-corrected chi connectivity index (χ0v) is 13.4. The molecule has 0 heterocycles. The molecule has 1 aromatic rings. The second-order valence-corrected chi connectivity index (χ2v) is 5.46. The molecule has 7 heteroatoms. The quantitative estimate of drug-likeness (QED) is 0.730. The normalized spacial score (nSPS) is 10.3. The fourth-order valence-corrected chi connectivity index (χ4v) is 2.59. The van der Waals surface area contributed by atoms with Crippen molar-refractivity contribution in [3.05, 3.63) is 27.1 Å². The zero-order chi connectivity index (χ0) is 14.3. The van der Waals surface area contributed by atoms with Gasteiger partial charge in [0.1, 0.15) is 5.75 Å². The summed E-state index contributed by atoms with van der Waals surface area (Å²) in [6.45, 7) is -0.0593. The maximum atomic E-state index is 11.8. The number of rotatable bonds is 7. The number of hydrogen-bond donors (Lipinski definition) is 2. The lowest BCUT2D eigenvalue weighted by Gasteiger charge is -2.20. The van der Waals surface area contributed by atoms with Crippen LogP contribution in [0.1, 0.15) is 0 Å². The summed E-state index contributed by atoms with van der Waals surface area (Å²) in [5.41, 5.74) is 0. The number of halogens is 2. The molecule has 0 spiro atoms. The summed E-state index contributed by atoms with van der Waals surface area (Å²) in [4.78, 5) is 13.2. The van der Waals surface area contributed by atoms with E-state index in [-0.39, 0.29) is 38.8 Å². The molecule has 0 aliphatic carbocycles. The Labute approximate surface area is 128 Å². The summed E-state index contributed by atoms with van der Waals surface area (Å²) < 4.78 is 7.05. The molecule has 0 atom stereocenters. The third kappa shape index (κ3) is 5.48. The third-order valence-electron chi connectivity index (χ3n) is 2.34. The smallest absolute Gasteiger partial charge is 0.260 e. The van der Waals surface area contributed by atoms with Crippen molar-refractivity contribution >= 4 is 37.8 Å². The fraction of sp³-hybridized carbons (Fsp3) is 0.417. The number of carbonyl (C=O) groups excluding carboxylic acids is 1. The SMILES string of the molecule is O=C(COc1ccc(Br)cc1Br)N(CCO)CCO. The number of hydrogen-bond acceptors (Lipinski definition) is 4. The van der Waals surface area contributed by atoms with E-state index in [2.05, 4.69) is 31.9 Å². The van der Waals surface area contributed by atoms with Gasteiger partial charge in [0, 0.05) is 17.6 Å². The van der Waals surface area contributed by atoms with Crippen molar-refractivity contribution in [1.29, 1.82) is 0 Å². The van der Waals surface area contributed by atoms with Gasteiger partial charge >= 0.3 is 0 Å². The molecule has 0 aliphatic rings. The summed E-state index contributed by atoms with van der Waals surface area (Å²) in [5, 5.41) is 17.7. The van der Waals surface area contributed by atoms with Gasteiger partial charge in [-0.05, 0) is 34.1 Å². The molecule has 0 saturated carbocycles. The topological polar surface area (TPSA) is 70.0 Å². The van der Waals surface area contributed by atoms with Gasteiger partial charge in [-0.1, -0.05) is 15.9 Å². The van der Waals surface area contributed by atoms with Gasteiger partial charge in [0.25, 0.3) is 5.91 Å². The van der Waals surface area contributed by atoms with Gasteiger partial charge in [-0.25, -0.2) is 0 Å². The van der Waals surface area contributed by atoms with Crippen LogP contribution >= 0.6 is 31.9 Å². The molecule has 1 rings (SSSR count). The molecule has 1 aromatic carbocycles. The predicted octanol–water partition coefficient (Wildman–Crippen LogP) is 1.40. The molecule has 0 fully saturated rings. The fourth-order valence-electron chi connectivity index (χ4n) is 1.43. The van der Waals surface area contributed by atoms with E-state index in [0.717, 1.165) is 8.95 Å². The molecule has 19 heavy (non-hydrogen) atoms. The summed E-state index contributed by atoms with van der Waals surface area (Å²) in [7, 11) is 0. The first-order chi connectivity index (χ1) is 9.08. The Bertz CT molecular complexity index is 422. The molecule has 1 amide bonds. The van der Waals surface area contributed by atoms with Gasteiger partial charge in [-0.2, -0.15) is 0 Å². The minimum atomic E-state index is -0.280. The highest BCUT2D eigenvalue weighted by atomic mass is 79.9. The van der Waals surface area contributed by atoms with Crippen LogP contribution in [0.4, 0.5) is 0 Å². The molecule has 0 radical (unpaired) electrons. The van der Waals surface area contributed by atoms with Crippen LogP contribution in [0.15, 0.2) is 27.1 Å². The van der Waals surface area contributed by atoms with E-state index in [0.29, 0.717) is 5.75 Å². The summed E-state index contributed by atoms with van der Waals surface area (Å²) in [6, 6.07) is 5.37. The molecule has 5 nitrogen and oxygen atoms in total. The van der Waals surface area contributed by atoms with Crippen molar-refractivity contribution < 1.29 is 19.7 Å². The largest absolute Gasteiger partial charge is 0.483 e. The van der Waals surface area contributed by atoms with Crippen molar-refractivity contribution in [3.63, 3.8) is 0 Å². The van der Waals surface area contributed by atoms with Gasteiger partial charge in [0.2, 0.25) is 0 Å². The van der Waals surface area contributed by atoms with Gasteiger partial charge in [0.05, 0.1) is 17.7 Å². The van der Waals surface area contributed by atoms with E-state index < -0.39 is 0 Å². The maximum Gasteiger partial charge on any atom is 0.260 e. The molecule has 106 valence electrons. The number of aliphatic hydroxyl groups excluding tert-OH is 2. The monoisotopic (exact) mass is 395 g/mol. The minimum absolute atomic E-state index is 0.139. The Hall–Kier alpha value is -0.630. The first-order valence-corrected chi connectivity index (χ1v) is 7.24. The highest BCUT2D eigenvalue weighted by Gasteiger charge is 2.13. The minimum Gasteiger partial charge on any atom is -0.483 e. The molecule has 0 saturated heterocycles. The lowest BCUT2D eigenvalue weighted by atomic mass is 10.3. The van der Waals surface area contributed by atoms with Crippen molar-refractivity contribution in [2.45, 2.75) is 0 Å². The number of carbonyl (C=O) groups is 1. The summed E-state index contributed by atoms with van der Waals surface area (Å²) in [6.07, 6.45) is 0. The van der Waals surface area contributed by atoms with Crippen molar-refractivity contribution in [2.24, 2.45) is 0 Å². The van der Waals surface area contributed by atoms with Crippen LogP contribution in [0, 0.1) is 0 Å². The first-order valence-electron chi connectivity index (χ1n) is 5.65. The van der Waals surface area contributed by atoms with E-state index in [1.807, 2.05) is 12.1 Å². The Morgan fingerprint density at radius 2 is 1.84 bits per heavy atom. The zero-order valence-electron chi connectivity index (χ0n) is 10.2. The van der Waals surface area contributed by atoms with Gasteiger partial charge in [-0.3, -0.25) is 4.79 Å². The highest BCUT2D eigenvalue weighted by Crippen LogP contribution is 2.28. The lowest BCUT2D eigenvalue weighted by molar-refractivity contribution is -0.134. The highest BCUT2D eigenvalue weighted by molar-refractivity contribution is 9.11. The third-order valence-corrected chi connectivity index (χ3v) is 3.45. The van der Waals surface area contributed by atoms with Gasteiger partial charge < -0.3 is 19.8 Å². The van der Waals surface area contributed by atoms with Crippen LogP contribution in [0.25, 0.3) is 0 Å². The number of nitrogens with zero attached hydrogens (tertiary/aromatic N) is 1. The molecule has 2 N–H and O–H groups in total. The van der Waals surface area contributed by atoms with Crippen molar-refractivity contribution in [2.75, 3.05) is 32.9 Å². The van der Waals surface area contributed by atoms with Crippen LogP contribution in [0.5, 0.6) is 5.75 Å². The van der Waals surface area contributed by atoms with Crippen LogP contribution in [0.3, 0.4) is 0 Å². The molecular formula is C12H15Br2NO4. The standard InChI is InChI=1S/C12H15Br2NO4/c13-9-1-2-11(10(14)7-9)19-8-12(18)15(3-5-16)4-6-17/h1-2,7,16-17H,3-6,8H2. The number of benzene rings is 1. The Kier molecular flexibility index (Phi) is 7.37. The summed E-state index contributed by atoms with van der Waals surface area (Å²) in [5.74, 6) is 0.280. The molecule has 0 bridgehead atoms.